The summed E-state index contributed by atoms with van der Waals surface area (Å²) in [5.74, 6) is -0.877. The number of aromatic nitrogens is 2. The van der Waals surface area contributed by atoms with Crippen molar-refractivity contribution in [3.05, 3.63) is 41.7 Å². The average molecular weight is 254 g/mol. The normalized spacial score (nSPS) is 11.5. The molecular weight excluding hydrogens is 240 g/mol. The lowest BCUT2D eigenvalue weighted by atomic mass is 9.96. The van der Waals surface area contributed by atoms with Gasteiger partial charge in [-0.15, -0.1) is 0 Å². The fourth-order valence-electron chi connectivity index (χ4n) is 2.60. The highest BCUT2D eigenvalue weighted by atomic mass is 16.4. The number of aromatic amines is 1. The molecule has 0 amide bonds. The van der Waals surface area contributed by atoms with Gasteiger partial charge in [-0.25, -0.2) is 9.78 Å². The van der Waals surface area contributed by atoms with E-state index in [1.54, 1.807) is 6.20 Å². The Morgan fingerprint density at radius 3 is 2.68 bits per heavy atom. The van der Waals surface area contributed by atoms with Crippen LogP contribution in [0.25, 0.3) is 21.8 Å². The number of nitrogens with zero attached hydrogens (tertiary/aromatic N) is 1. The van der Waals surface area contributed by atoms with Crippen molar-refractivity contribution in [1.29, 1.82) is 0 Å². The molecule has 0 aliphatic heterocycles. The largest absolute Gasteiger partial charge is 0.477 e. The summed E-state index contributed by atoms with van der Waals surface area (Å²) in [6.45, 7) is 3.98. The van der Waals surface area contributed by atoms with Gasteiger partial charge in [-0.3, -0.25) is 0 Å². The first-order chi connectivity index (χ1) is 9.09. The van der Waals surface area contributed by atoms with Crippen molar-refractivity contribution in [3.8, 4) is 0 Å². The van der Waals surface area contributed by atoms with Crippen LogP contribution in [-0.2, 0) is 0 Å². The molecule has 3 aromatic rings. The number of hydrogen-bond acceptors (Lipinski definition) is 2. The molecular formula is C15H14N2O2. The fourth-order valence-corrected chi connectivity index (χ4v) is 2.60. The van der Waals surface area contributed by atoms with Crippen LogP contribution in [0.3, 0.4) is 0 Å². The van der Waals surface area contributed by atoms with Crippen LogP contribution in [0, 0.1) is 0 Å². The molecule has 2 heterocycles. The second-order valence-electron chi connectivity index (χ2n) is 4.94. The van der Waals surface area contributed by atoms with E-state index in [1.807, 2.05) is 38.1 Å². The average Bonchev–Trinajstić information content (AvgIpc) is 2.75. The van der Waals surface area contributed by atoms with Crippen LogP contribution in [-0.4, -0.2) is 21.0 Å². The van der Waals surface area contributed by atoms with Crippen LogP contribution in [0.15, 0.2) is 30.5 Å². The highest BCUT2D eigenvalue weighted by Gasteiger charge is 2.20. The minimum absolute atomic E-state index is 0.0986. The molecule has 0 aliphatic rings. The number of fused-ring (bicyclic) bond motifs is 3. The summed E-state index contributed by atoms with van der Waals surface area (Å²) in [6.07, 6.45) is 1.60. The Kier molecular flexibility index (Phi) is 2.52. The van der Waals surface area contributed by atoms with Gasteiger partial charge in [0.2, 0.25) is 0 Å². The molecule has 0 unspecified atom stereocenters. The molecule has 1 aromatic carbocycles. The summed E-state index contributed by atoms with van der Waals surface area (Å²) < 4.78 is 0. The maximum atomic E-state index is 11.4. The van der Waals surface area contributed by atoms with Crippen LogP contribution < -0.4 is 0 Å². The first-order valence-corrected chi connectivity index (χ1v) is 6.22. The van der Waals surface area contributed by atoms with E-state index in [-0.39, 0.29) is 11.6 Å². The molecule has 19 heavy (non-hydrogen) atoms. The molecule has 2 N–H and O–H groups in total. The Bertz CT molecular complexity index is 787. The Morgan fingerprint density at radius 1 is 1.26 bits per heavy atom. The zero-order valence-electron chi connectivity index (χ0n) is 10.8. The van der Waals surface area contributed by atoms with Gasteiger partial charge in [0.25, 0.3) is 0 Å². The Morgan fingerprint density at radius 2 is 2.00 bits per heavy atom. The van der Waals surface area contributed by atoms with Gasteiger partial charge >= 0.3 is 5.97 Å². The van der Waals surface area contributed by atoms with Crippen molar-refractivity contribution < 1.29 is 9.90 Å². The van der Waals surface area contributed by atoms with Gasteiger partial charge in [0.05, 0.1) is 11.7 Å². The predicted octanol–water partition coefficient (Wildman–Crippen LogP) is 3.54. The fraction of sp³-hybridized carbons (Fsp3) is 0.200. The number of rotatable bonds is 2. The number of aromatic carboxylic acids is 1. The van der Waals surface area contributed by atoms with Crippen molar-refractivity contribution in [3.63, 3.8) is 0 Å². The third-order valence-electron chi connectivity index (χ3n) is 3.36. The number of carbonyl (C=O) groups is 1. The number of benzene rings is 1. The van der Waals surface area contributed by atoms with Crippen LogP contribution >= 0.6 is 0 Å². The maximum Gasteiger partial charge on any atom is 0.354 e. The molecule has 2 aromatic heterocycles. The number of para-hydroxylation sites is 1. The zero-order valence-corrected chi connectivity index (χ0v) is 10.8. The molecule has 96 valence electrons. The summed E-state index contributed by atoms with van der Waals surface area (Å²) in [7, 11) is 0. The van der Waals surface area contributed by atoms with Crippen molar-refractivity contribution >= 4 is 27.8 Å². The highest BCUT2D eigenvalue weighted by molar-refractivity contribution is 6.11. The smallest absolute Gasteiger partial charge is 0.354 e. The monoisotopic (exact) mass is 254 g/mol. The third kappa shape index (κ3) is 1.68. The molecule has 0 spiro atoms. The molecule has 0 saturated heterocycles. The SMILES string of the molecule is CC(C)c1c(C(=O)O)ncc2[nH]c3ccccc3c12. The summed E-state index contributed by atoms with van der Waals surface area (Å²) in [4.78, 5) is 18.7. The van der Waals surface area contributed by atoms with Crippen LogP contribution in [0.2, 0.25) is 0 Å². The van der Waals surface area contributed by atoms with Crippen LogP contribution in [0.4, 0.5) is 0 Å². The lowest BCUT2D eigenvalue weighted by Crippen LogP contribution is -2.07. The molecule has 0 bridgehead atoms. The van der Waals surface area contributed by atoms with Gasteiger partial charge in [-0.2, -0.15) is 0 Å². The van der Waals surface area contributed by atoms with E-state index >= 15 is 0 Å². The number of H-pyrrole nitrogens is 1. The van der Waals surface area contributed by atoms with Crippen molar-refractivity contribution in [2.24, 2.45) is 0 Å². The van der Waals surface area contributed by atoms with E-state index in [0.717, 1.165) is 27.4 Å². The van der Waals surface area contributed by atoms with Gasteiger partial charge in [0, 0.05) is 16.3 Å². The van der Waals surface area contributed by atoms with Gasteiger partial charge in [-0.05, 0) is 17.5 Å². The van der Waals surface area contributed by atoms with E-state index in [9.17, 15) is 9.90 Å². The van der Waals surface area contributed by atoms with Crippen molar-refractivity contribution in [2.75, 3.05) is 0 Å². The number of carboxylic acid groups (broad SMARTS) is 1. The Balaban J connectivity index is 2.53. The summed E-state index contributed by atoms with van der Waals surface area (Å²) in [5.41, 5.74) is 2.83. The summed E-state index contributed by atoms with van der Waals surface area (Å²) >= 11 is 0. The van der Waals surface area contributed by atoms with Gasteiger partial charge in [-0.1, -0.05) is 32.0 Å². The third-order valence-corrected chi connectivity index (χ3v) is 3.36. The number of hydrogen-bond donors (Lipinski definition) is 2. The van der Waals surface area contributed by atoms with Gasteiger partial charge in [0.15, 0.2) is 5.69 Å². The van der Waals surface area contributed by atoms with Gasteiger partial charge in [0.1, 0.15) is 0 Å². The van der Waals surface area contributed by atoms with E-state index in [4.69, 9.17) is 0 Å². The molecule has 4 nitrogen and oxygen atoms in total. The molecule has 4 heteroatoms. The van der Waals surface area contributed by atoms with Crippen LogP contribution in [0.1, 0.15) is 35.8 Å². The number of nitrogens with one attached hydrogen (secondary N) is 1. The minimum Gasteiger partial charge on any atom is -0.477 e. The lowest BCUT2D eigenvalue weighted by molar-refractivity contribution is 0.0689. The minimum atomic E-state index is -0.976. The Hall–Kier alpha value is -2.36. The predicted molar refractivity (Wildman–Crippen MR) is 74.6 cm³/mol. The zero-order chi connectivity index (χ0) is 13.6. The van der Waals surface area contributed by atoms with E-state index in [1.165, 1.54) is 0 Å². The molecule has 0 atom stereocenters. The second-order valence-corrected chi connectivity index (χ2v) is 4.94. The standard InChI is InChI=1S/C15H14N2O2/c1-8(2)12-13-9-5-3-4-6-10(9)17-11(13)7-16-14(12)15(18)19/h3-8,17H,1-2H3,(H,18,19). The maximum absolute atomic E-state index is 11.4. The molecule has 0 aliphatic carbocycles. The van der Waals surface area contributed by atoms with E-state index in [2.05, 4.69) is 9.97 Å². The number of carboxylic acids is 1. The molecule has 3 rings (SSSR count). The number of pyridine rings is 1. The molecule has 0 saturated carbocycles. The first-order valence-electron chi connectivity index (χ1n) is 6.22. The summed E-state index contributed by atoms with van der Waals surface area (Å²) in [5, 5.41) is 11.3. The highest BCUT2D eigenvalue weighted by Crippen LogP contribution is 2.33. The van der Waals surface area contributed by atoms with Crippen molar-refractivity contribution in [2.45, 2.75) is 19.8 Å². The van der Waals surface area contributed by atoms with Gasteiger partial charge < -0.3 is 10.1 Å². The second kappa shape index (κ2) is 4.09. The van der Waals surface area contributed by atoms with Crippen molar-refractivity contribution in [1.82, 2.24) is 9.97 Å². The first kappa shape index (κ1) is 11.7. The quantitative estimate of drug-likeness (QED) is 0.735. The van der Waals surface area contributed by atoms with Crippen LogP contribution in [0.5, 0.6) is 0 Å². The van der Waals surface area contributed by atoms with E-state index in [0.29, 0.717) is 0 Å². The summed E-state index contributed by atoms with van der Waals surface area (Å²) in [6, 6.07) is 7.91. The molecule has 0 fully saturated rings. The topological polar surface area (TPSA) is 66.0 Å². The lowest BCUT2D eigenvalue weighted by Gasteiger charge is -2.10. The Labute approximate surface area is 110 Å². The van der Waals surface area contributed by atoms with E-state index < -0.39 is 5.97 Å². The molecule has 0 radical (unpaired) electrons.